The monoisotopic (exact) mass is 507 g/mol. The SMILES string of the molecule is CC(C)(C)OC(=O)[C@H](Cc1ccc(B2OC(C)(C)C(C)(C)O2)cc1)NC(=O)c1ccc(C(C)(C)C)cc1. The Morgan fingerprint density at radius 3 is 1.84 bits per heavy atom. The van der Waals surface area contributed by atoms with Crippen LogP contribution in [0.25, 0.3) is 0 Å². The van der Waals surface area contributed by atoms with Crippen molar-refractivity contribution in [3.05, 3.63) is 65.2 Å². The molecular weight excluding hydrogens is 465 g/mol. The van der Waals surface area contributed by atoms with Gasteiger partial charge < -0.3 is 19.4 Å². The normalized spacial score (nSPS) is 17.8. The Morgan fingerprint density at radius 1 is 0.865 bits per heavy atom. The molecule has 1 amide bonds. The lowest BCUT2D eigenvalue weighted by atomic mass is 9.78. The number of hydrogen-bond acceptors (Lipinski definition) is 5. The summed E-state index contributed by atoms with van der Waals surface area (Å²) in [5.41, 5.74) is 1.89. The van der Waals surface area contributed by atoms with Gasteiger partial charge in [0.2, 0.25) is 0 Å². The number of carbonyl (C=O) groups is 2. The van der Waals surface area contributed by atoms with Crippen LogP contribution in [0.5, 0.6) is 0 Å². The molecule has 2 aromatic rings. The first-order chi connectivity index (χ1) is 16.9. The van der Waals surface area contributed by atoms with E-state index in [9.17, 15) is 9.59 Å². The van der Waals surface area contributed by atoms with Gasteiger partial charge in [0.15, 0.2) is 0 Å². The van der Waals surface area contributed by atoms with Crippen LogP contribution < -0.4 is 10.8 Å². The fraction of sp³-hybridized carbons (Fsp3) is 0.533. The number of ether oxygens (including phenoxy) is 1. The van der Waals surface area contributed by atoms with Gasteiger partial charge in [-0.3, -0.25) is 4.79 Å². The van der Waals surface area contributed by atoms with Gasteiger partial charge in [-0.05, 0) is 82.6 Å². The molecule has 1 aliphatic rings. The van der Waals surface area contributed by atoms with Crippen molar-refractivity contribution in [2.75, 3.05) is 0 Å². The maximum absolute atomic E-state index is 13.1. The summed E-state index contributed by atoms with van der Waals surface area (Å²) in [4.78, 5) is 26.1. The van der Waals surface area contributed by atoms with Crippen LogP contribution in [0.3, 0.4) is 0 Å². The summed E-state index contributed by atoms with van der Waals surface area (Å²) in [7, 11) is -0.462. The van der Waals surface area contributed by atoms with Crippen LogP contribution in [0, 0.1) is 0 Å². The number of esters is 1. The molecule has 1 atom stereocenters. The lowest BCUT2D eigenvalue weighted by Gasteiger charge is -2.32. The number of nitrogens with one attached hydrogen (secondary N) is 1. The van der Waals surface area contributed by atoms with Crippen LogP contribution in [0.1, 0.15) is 90.7 Å². The largest absolute Gasteiger partial charge is 0.494 e. The van der Waals surface area contributed by atoms with Gasteiger partial charge >= 0.3 is 13.1 Å². The summed E-state index contributed by atoms with van der Waals surface area (Å²) in [5, 5.41) is 2.89. The van der Waals surface area contributed by atoms with Crippen molar-refractivity contribution in [3.63, 3.8) is 0 Å². The van der Waals surface area contributed by atoms with Gasteiger partial charge in [0.05, 0.1) is 11.2 Å². The molecule has 0 radical (unpaired) electrons. The second-order valence-electron chi connectivity index (χ2n) is 12.9. The summed E-state index contributed by atoms with van der Waals surface area (Å²) in [6, 6.07) is 14.4. The first-order valence-corrected chi connectivity index (χ1v) is 13.0. The number of carbonyl (C=O) groups excluding carboxylic acids is 2. The van der Waals surface area contributed by atoms with E-state index in [1.165, 1.54) is 0 Å². The van der Waals surface area contributed by atoms with E-state index in [-0.39, 0.29) is 11.3 Å². The fourth-order valence-corrected chi connectivity index (χ4v) is 3.96. The van der Waals surface area contributed by atoms with Gasteiger partial charge in [0.1, 0.15) is 11.6 Å². The highest BCUT2D eigenvalue weighted by Crippen LogP contribution is 2.36. The second kappa shape index (κ2) is 10.3. The van der Waals surface area contributed by atoms with Gasteiger partial charge in [-0.25, -0.2) is 4.79 Å². The van der Waals surface area contributed by atoms with E-state index in [1.807, 2.05) is 84.9 Å². The van der Waals surface area contributed by atoms with Gasteiger partial charge in [-0.1, -0.05) is 57.2 Å². The second-order valence-corrected chi connectivity index (χ2v) is 12.9. The third-order valence-electron chi connectivity index (χ3n) is 6.95. The predicted octanol–water partition coefficient (Wildman–Crippen LogP) is 4.97. The molecule has 1 aliphatic heterocycles. The summed E-state index contributed by atoms with van der Waals surface area (Å²) in [5.74, 6) is -0.785. The number of benzene rings is 2. The Kier molecular flexibility index (Phi) is 8.02. The molecule has 1 saturated heterocycles. The standard InChI is InChI=1S/C30H42BNO5/c1-27(2,3)22-15-13-21(14-16-22)25(33)32-24(26(34)35-28(4,5)6)19-20-11-17-23(18-12-20)31-36-29(7,8)30(9,10)37-31/h11-18,24H,19H2,1-10H3,(H,32,33)/t24-/m0/s1. The van der Waals surface area contributed by atoms with Gasteiger partial charge in [0, 0.05) is 12.0 Å². The van der Waals surface area contributed by atoms with Crippen molar-refractivity contribution in [2.45, 2.75) is 104 Å². The number of hydrogen-bond donors (Lipinski definition) is 1. The molecule has 37 heavy (non-hydrogen) atoms. The predicted molar refractivity (Wildman–Crippen MR) is 148 cm³/mol. The van der Waals surface area contributed by atoms with E-state index < -0.39 is 35.9 Å². The average Bonchev–Trinajstić information content (AvgIpc) is 2.99. The minimum atomic E-state index is -0.836. The molecule has 0 unspecified atom stereocenters. The van der Waals surface area contributed by atoms with Gasteiger partial charge in [-0.2, -0.15) is 0 Å². The molecule has 0 spiro atoms. The minimum absolute atomic E-state index is 0.0136. The Balaban J connectivity index is 1.76. The first kappa shape index (κ1) is 28.9. The maximum atomic E-state index is 13.1. The van der Waals surface area contributed by atoms with Crippen LogP contribution in [-0.4, -0.2) is 41.8 Å². The van der Waals surface area contributed by atoms with Crippen molar-refractivity contribution in [1.82, 2.24) is 5.32 Å². The van der Waals surface area contributed by atoms with E-state index >= 15 is 0 Å². The quantitative estimate of drug-likeness (QED) is 0.442. The van der Waals surface area contributed by atoms with Crippen molar-refractivity contribution >= 4 is 24.5 Å². The summed E-state index contributed by atoms with van der Waals surface area (Å²) < 4.78 is 17.9. The molecule has 0 bridgehead atoms. The van der Waals surface area contributed by atoms with Crippen LogP contribution >= 0.6 is 0 Å². The number of rotatable bonds is 6. The van der Waals surface area contributed by atoms with E-state index in [0.717, 1.165) is 16.6 Å². The fourth-order valence-electron chi connectivity index (χ4n) is 3.96. The van der Waals surface area contributed by atoms with E-state index in [1.54, 1.807) is 12.1 Å². The van der Waals surface area contributed by atoms with Crippen LogP contribution in [0.2, 0.25) is 0 Å². The van der Waals surface area contributed by atoms with Crippen molar-refractivity contribution in [2.24, 2.45) is 0 Å². The highest BCUT2D eigenvalue weighted by Gasteiger charge is 2.51. The lowest BCUT2D eigenvalue weighted by Crippen LogP contribution is -2.45. The van der Waals surface area contributed by atoms with Crippen LogP contribution in [-0.2, 0) is 30.7 Å². The Hall–Kier alpha value is -2.64. The van der Waals surface area contributed by atoms with E-state index in [4.69, 9.17) is 14.0 Å². The molecule has 1 fully saturated rings. The minimum Gasteiger partial charge on any atom is -0.458 e. The summed E-state index contributed by atoms with van der Waals surface area (Å²) in [6.07, 6.45) is 0.296. The molecule has 0 aromatic heterocycles. The third kappa shape index (κ3) is 7.23. The topological polar surface area (TPSA) is 73.9 Å². The first-order valence-electron chi connectivity index (χ1n) is 13.0. The lowest BCUT2D eigenvalue weighted by molar-refractivity contribution is -0.157. The zero-order chi connectivity index (χ0) is 27.8. The number of amides is 1. The molecule has 2 aromatic carbocycles. The molecule has 7 heteroatoms. The van der Waals surface area contributed by atoms with E-state index in [2.05, 4.69) is 26.1 Å². The Labute approximate surface area is 222 Å². The molecule has 1 heterocycles. The van der Waals surface area contributed by atoms with Gasteiger partial charge in [0.25, 0.3) is 5.91 Å². The Morgan fingerprint density at radius 2 is 1.38 bits per heavy atom. The highest BCUT2D eigenvalue weighted by molar-refractivity contribution is 6.62. The Bertz CT molecular complexity index is 1090. The van der Waals surface area contributed by atoms with Crippen molar-refractivity contribution in [1.29, 1.82) is 0 Å². The molecule has 0 aliphatic carbocycles. The highest BCUT2D eigenvalue weighted by atomic mass is 16.7. The maximum Gasteiger partial charge on any atom is 0.494 e. The molecule has 1 N–H and O–H groups in total. The molecule has 3 rings (SSSR count). The summed E-state index contributed by atoms with van der Waals surface area (Å²) in [6.45, 7) is 19.9. The average molecular weight is 507 g/mol. The van der Waals surface area contributed by atoms with Gasteiger partial charge in [-0.15, -0.1) is 0 Å². The van der Waals surface area contributed by atoms with Crippen molar-refractivity contribution < 1.29 is 23.6 Å². The van der Waals surface area contributed by atoms with Crippen LogP contribution in [0.15, 0.2) is 48.5 Å². The molecule has 0 saturated carbocycles. The molecule has 6 nitrogen and oxygen atoms in total. The third-order valence-corrected chi connectivity index (χ3v) is 6.95. The van der Waals surface area contributed by atoms with Crippen LogP contribution in [0.4, 0.5) is 0 Å². The smallest absolute Gasteiger partial charge is 0.458 e. The van der Waals surface area contributed by atoms with Crippen molar-refractivity contribution in [3.8, 4) is 0 Å². The zero-order valence-electron chi connectivity index (χ0n) is 24.0. The molecular formula is C30H42BNO5. The summed E-state index contributed by atoms with van der Waals surface area (Å²) >= 11 is 0. The molecule has 200 valence electrons. The van der Waals surface area contributed by atoms with E-state index in [0.29, 0.717) is 12.0 Å². The zero-order valence-corrected chi connectivity index (χ0v) is 24.0.